The number of amides is 2. The van der Waals surface area contributed by atoms with Crippen molar-refractivity contribution < 1.29 is 14.3 Å². The van der Waals surface area contributed by atoms with Crippen LogP contribution in [0.25, 0.3) is 0 Å². The maximum atomic E-state index is 13.8. The van der Waals surface area contributed by atoms with E-state index in [-0.39, 0.29) is 24.4 Å². The molecular formula is C37H51ClN2O3. The molecule has 5 nitrogen and oxygen atoms in total. The Balaban J connectivity index is 1.51. The van der Waals surface area contributed by atoms with Gasteiger partial charge in [0, 0.05) is 17.7 Å². The average Bonchev–Trinajstić information content (AvgIpc) is 3.03. The van der Waals surface area contributed by atoms with Crippen LogP contribution < -0.4 is 4.74 Å². The summed E-state index contributed by atoms with van der Waals surface area (Å²) in [5, 5.41) is 0.380. The minimum atomic E-state index is -0.373. The number of rotatable bonds is 20. The molecule has 3 rings (SSSR count). The SMILES string of the molecule is CCCCCCCCCCCCCCOc1ccc(C(=O)N(CC2C=CC=CN2CCC)C(=O)c2ccccc2)cc1Cl. The minimum absolute atomic E-state index is 0.102. The first-order valence-electron chi connectivity index (χ1n) is 16.5. The van der Waals surface area contributed by atoms with Crippen molar-refractivity contribution >= 4 is 23.4 Å². The van der Waals surface area contributed by atoms with Crippen LogP contribution in [0.4, 0.5) is 0 Å². The van der Waals surface area contributed by atoms with Gasteiger partial charge in [0.15, 0.2) is 0 Å². The van der Waals surface area contributed by atoms with Gasteiger partial charge in [-0.15, -0.1) is 0 Å². The summed E-state index contributed by atoms with van der Waals surface area (Å²) in [6, 6.07) is 13.9. The highest BCUT2D eigenvalue weighted by molar-refractivity contribution is 6.32. The molecule has 2 amide bonds. The first-order valence-corrected chi connectivity index (χ1v) is 16.9. The number of hydrogen-bond donors (Lipinski definition) is 0. The molecule has 0 bridgehead atoms. The summed E-state index contributed by atoms with van der Waals surface area (Å²) in [5.41, 5.74) is 0.839. The number of nitrogens with zero attached hydrogens (tertiary/aromatic N) is 2. The average molecular weight is 607 g/mol. The van der Waals surface area contributed by atoms with E-state index in [1.54, 1.807) is 30.3 Å². The van der Waals surface area contributed by atoms with E-state index in [2.05, 4.69) is 18.7 Å². The Kier molecular flexibility index (Phi) is 16.0. The predicted molar refractivity (Wildman–Crippen MR) is 179 cm³/mol. The summed E-state index contributed by atoms with van der Waals surface area (Å²) in [7, 11) is 0. The molecule has 0 N–H and O–H groups in total. The van der Waals surface area contributed by atoms with Gasteiger partial charge in [-0.2, -0.15) is 0 Å². The summed E-state index contributed by atoms with van der Waals surface area (Å²) in [6.45, 7) is 6.05. The van der Waals surface area contributed by atoms with E-state index >= 15 is 0 Å². The van der Waals surface area contributed by atoms with E-state index in [1.807, 2.05) is 42.6 Å². The molecule has 234 valence electrons. The molecule has 0 spiro atoms. The van der Waals surface area contributed by atoms with Gasteiger partial charge in [0.05, 0.1) is 24.2 Å². The van der Waals surface area contributed by atoms with E-state index in [9.17, 15) is 9.59 Å². The normalized spacial score (nSPS) is 14.2. The van der Waals surface area contributed by atoms with Crippen LogP contribution in [0.3, 0.4) is 0 Å². The lowest BCUT2D eigenvalue weighted by molar-refractivity contribution is 0.0587. The van der Waals surface area contributed by atoms with Gasteiger partial charge >= 0.3 is 0 Å². The lowest BCUT2D eigenvalue weighted by Crippen LogP contribution is -2.46. The zero-order valence-electron chi connectivity index (χ0n) is 26.3. The van der Waals surface area contributed by atoms with E-state index in [0.717, 1.165) is 25.8 Å². The third-order valence-electron chi connectivity index (χ3n) is 7.94. The van der Waals surface area contributed by atoms with Crippen LogP contribution in [-0.4, -0.2) is 47.4 Å². The summed E-state index contributed by atoms with van der Waals surface area (Å²) in [4.78, 5) is 30.9. The van der Waals surface area contributed by atoms with Crippen LogP contribution in [0.2, 0.25) is 5.02 Å². The van der Waals surface area contributed by atoms with Crippen molar-refractivity contribution in [3.63, 3.8) is 0 Å². The first-order chi connectivity index (χ1) is 21.0. The van der Waals surface area contributed by atoms with E-state index < -0.39 is 0 Å². The van der Waals surface area contributed by atoms with Crippen LogP contribution in [0.15, 0.2) is 73.0 Å². The fraction of sp³-hybridized carbons (Fsp3) is 0.514. The number of hydrogen-bond acceptors (Lipinski definition) is 4. The van der Waals surface area contributed by atoms with Crippen molar-refractivity contribution in [3.05, 3.63) is 89.1 Å². The quantitative estimate of drug-likeness (QED) is 0.111. The molecule has 0 aliphatic carbocycles. The van der Waals surface area contributed by atoms with Gasteiger partial charge in [-0.1, -0.05) is 126 Å². The van der Waals surface area contributed by atoms with Gasteiger partial charge in [-0.25, -0.2) is 0 Å². The van der Waals surface area contributed by atoms with E-state index in [4.69, 9.17) is 16.3 Å². The number of allylic oxidation sites excluding steroid dienone is 2. The third-order valence-corrected chi connectivity index (χ3v) is 8.24. The van der Waals surface area contributed by atoms with Gasteiger partial charge in [-0.3, -0.25) is 14.5 Å². The van der Waals surface area contributed by atoms with E-state index in [1.165, 1.54) is 69.1 Å². The summed E-state index contributed by atoms with van der Waals surface area (Å²) in [5.74, 6) is -0.132. The van der Waals surface area contributed by atoms with Crippen molar-refractivity contribution in [2.45, 2.75) is 103 Å². The Morgan fingerprint density at radius 2 is 1.40 bits per heavy atom. The monoisotopic (exact) mass is 606 g/mol. The van der Waals surface area contributed by atoms with Crippen molar-refractivity contribution in [3.8, 4) is 5.75 Å². The number of ether oxygens (including phenoxy) is 1. The van der Waals surface area contributed by atoms with Crippen LogP contribution >= 0.6 is 11.6 Å². The van der Waals surface area contributed by atoms with Crippen molar-refractivity contribution in [1.29, 1.82) is 0 Å². The molecule has 0 fully saturated rings. The number of benzene rings is 2. The minimum Gasteiger partial charge on any atom is -0.492 e. The lowest BCUT2D eigenvalue weighted by Gasteiger charge is -2.34. The molecule has 1 aliphatic heterocycles. The fourth-order valence-corrected chi connectivity index (χ4v) is 5.69. The van der Waals surface area contributed by atoms with Gasteiger partial charge in [-0.05, 0) is 55.4 Å². The highest BCUT2D eigenvalue weighted by atomic mass is 35.5. The van der Waals surface area contributed by atoms with Crippen LogP contribution in [0.5, 0.6) is 5.75 Å². The molecular weight excluding hydrogens is 556 g/mol. The maximum absolute atomic E-state index is 13.8. The van der Waals surface area contributed by atoms with Crippen molar-refractivity contribution in [1.82, 2.24) is 9.80 Å². The molecule has 1 heterocycles. The molecule has 1 atom stereocenters. The number of halogens is 1. The van der Waals surface area contributed by atoms with Gasteiger partial charge in [0.25, 0.3) is 11.8 Å². The van der Waals surface area contributed by atoms with Crippen LogP contribution in [0, 0.1) is 0 Å². The Morgan fingerprint density at radius 1 is 0.767 bits per heavy atom. The third kappa shape index (κ3) is 11.9. The zero-order valence-corrected chi connectivity index (χ0v) is 27.1. The van der Waals surface area contributed by atoms with Crippen molar-refractivity contribution in [2.24, 2.45) is 0 Å². The van der Waals surface area contributed by atoms with E-state index in [0.29, 0.717) is 28.5 Å². The van der Waals surface area contributed by atoms with Crippen molar-refractivity contribution in [2.75, 3.05) is 19.7 Å². The largest absolute Gasteiger partial charge is 0.492 e. The predicted octanol–water partition coefficient (Wildman–Crippen LogP) is 9.87. The lowest BCUT2D eigenvalue weighted by atomic mass is 10.1. The summed E-state index contributed by atoms with van der Waals surface area (Å²) in [6.07, 6.45) is 24.5. The smallest absolute Gasteiger partial charge is 0.260 e. The van der Waals surface area contributed by atoms with Crippen LogP contribution in [0.1, 0.15) is 118 Å². The van der Waals surface area contributed by atoms with Crippen LogP contribution in [-0.2, 0) is 0 Å². The second-order valence-corrected chi connectivity index (χ2v) is 11.9. The highest BCUT2D eigenvalue weighted by Crippen LogP contribution is 2.27. The molecule has 1 unspecified atom stereocenters. The second-order valence-electron chi connectivity index (χ2n) is 11.5. The number of unbranched alkanes of at least 4 members (excludes halogenated alkanes) is 11. The summed E-state index contributed by atoms with van der Waals surface area (Å²) < 4.78 is 5.96. The molecule has 2 aromatic rings. The highest BCUT2D eigenvalue weighted by Gasteiger charge is 2.29. The number of carbonyl (C=O) groups is 2. The topological polar surface area (TPSA) is 49.9 Å². The van der Waals surface area contributed by atoms with Gasteiger partial charge in [0.2, 0.25) is 0 Å². The standard InChI is InChI=1S/C37H51ClN2O3/c1-3-5-6-7-8-9-10-11-12-13-14-20-28-43-35-25-24-32(29-34(35)38)37(42)40(36(41)31-21-16-15-17-22-31)30-33-23-18-19-27-39(33)26-4-2/h15-19,21-25,27,29,33H,3-14,20,26,28,30H2,1-2H3. The molecule has 6 heteroatoms. The number of carbonyl (C=O) groups excluding carboxylic acids is 2. The fourth-order valence-electron chi connectivity index (χ4n) is 5.45. The summed E-state index contributed by atoms with van der Waals surface area (Å²) >= 11 is 6.57. The molecule has 2 aromatic carbocycles. The molecule has 1 aliphatic rings. The Hall–Kier alpha value is -3.05. The zero-order chi connectivity index (χ0) is 30.7. The Labute approximate surface area is 264 Å². The maximum Gasteiger partial charge on any atom is 0.260 e. The van der Waals surface area contributed by atoms with Gasteiger partial charge in [0.1, 0.15) is 5.75 Å². The Bertz CT molecular complexity index is 1160. The number of imide groups is 1. The molecule has 0 saturated carbocycles. The molecule has 43 heavy (non-hydrogen) atoms. The Morgan fingerprint density at radius 3 is 2.02 bits per heavy atom. The molecule has 0 aromatic heterocycles. The van der Waals surface area contributed by atoms with Gasteiger partial charge < -0.3 is 9.64 Å². The second kappa shape index (κ2) is 20.0. The molecule has 0 saturated heterocycles. The molecule has 0 radical (unpaired) electrons. The first kappa shape index (κ1) is 34.4.